The van der Waals surface area contributed by atoms with Crippen LogP contribution in [0.4, 0.5) is 5.69 Å². The van der Waals surface area contributed by atoms with Gasteiger partial charge in [-0.1, -0.05) is 35.3 Å². The molecule has 0 aliphatic carbocycles. The van der Waals surface area contributed by atoms with E-state index in [1.54, 1.807) is 18.2 Å². The summed E-state index contributed by atoms with van der Waals surface area (Å²) in [5.74, 6) is 0.332. The van der Waals surface area contributed by atoms with E-state index in [9.17, 15) is 18.5 Å². The number of sulfonamides is 1. The van der Waals surface area contributed by atoms with Crippen molar-refractivity contribution in [3.63, 3.8) is 0 Å². The van der Waals surface area contributed by atoms with Crippen LogP contribution >= 0.6 is 23.2 Å². The number of hydrogen-bond donors (Lipinski definition) is 1. The van der Waals surface area contributed by atoms with Gasteiger partial charge in [0.05, 0.1) is 14.8 Å². The van der Waals surface area contributed by atoms with Gasteiger partial charge in [0.15, 0.2) is 0 Å². The van der Waals surface area contributed by atoms with E-state index >= 15 is 0 Å². The highest BCUT2D eigenvalue weighted by Crippen LogP contribution is 2.31. The van der Waals surface area contributed by atoms with Crippen LogP contribution < -0.4 is 9.46 Å². The molecule has 1 N–H and O–H groups in total. The smallest absolute Gasteiger partial charge is 0.270 e. The first-order valence-corrected chi connectivity index (χ1v) is 8.86. The Morgan fingerprint density at radius 1 is 1.17 bits per heavy atom. The molecule has 0 heterocycles. The third kappa shape index (κ3) is 4.57. The second kappa shape index (κ2) is 7.80. The van der Waals surface area contributed by atoms with Gasteiger partial charge in [0.2, 0.25) is 10.0 Å². The van der Waals surface area contributed by atoms with Gasteiger partial charge in [-0.2, -0.15) is 0 Å². The zero-order chi connectivity index (χ0) is 17.7. The van der Waals surface area contributed by atoms with E-state index in [-0.39, 0.29) is 28.8 Å². The fourth-order valence-corrected chi connectivity index (χ4v) is 3.18. The van der Waals surface area contributed by atoms with Gasteiger partial charge < -0.3 is 4.74 Å². The van der Waals surface area contributed by atoms with Crippen LogP contribution in [-0.2, 0) is 10.0 Å². The number of non-ortho nitro benzene ring substituents is 1. The zero-order valence-electron chi connectivity index (χ0n) is 12.1. The van der Waals surface area contributed by atoms with Crippen LogP contribution in [0.15, 0.2) is 47.4 Å². The molecule has 2 aromatic carbocycles. The van der Waals surface area contributed by atoms with E-state index in [1.807, 2.05) is 0 Å². The Morgan fingerprint density at radius 2 is 1.88 bits per heavy atom. The van der Waals surface area contributed by atoms with Crippen molar-refractivity contribution in [1.29, 1.82) is 0 Å². The first-order valence-electron chi connectivity index (χ1n) is 6.62. The van der Waals surface area contributed by atoms with Crippen molar-refractivity contribution in [2.75, 3.05) is 13.2 Å². The second-order valence-corrected chi connectivity index (χ2v) is 7.10. The number of ether oxygens (including phenoxy) is 1. The number of hydrogen-bond acceptors (Lipinski definition) is 5. The molecule has 2 aromatic rings. The predicted octanol–water partition coefficient (Wildman–Crippen LogP) is 3.26. The van der Waals surface area contributed by atoms with Crippen LogP contribution in [0.2, 0.25) is 10.0 Å². The number of nitrogens with zero attached hydrogens (tertiary/aromatic N) is 1. The fraction of sp³-hybridized carbons (Fsp3) is 0.143. The molecule has 0 unspecified atom stereocenters. The van der Waals surface area contributed by atoms with Crippen molar-refractivity contribution in [3.8, 4) is 5.75 Å². The molecule has 0 bridgehead atoms. The summed E-state index contributed by atoms with van der Waals surface area (Å²) in [6, 6.07) is 9.61. The van der Waals surface area contributed by atoms with Gasteiger partial charge in [-0.05, 0) is 18.2 Å². The van der Waals surface area contributed by atoms with Crippen LogP contribution in [0.25, 0.3) is 0 Å². The minimum atomic E-state index is -3.88. The van der Waals surface area contributed by atoms with Crippen LogP contribution in [0, 0.1) is 10.1 Å². The molecule has 0 spiro atoms. The number of benzene rings is 2. The molecule has 0 saturated carbocycles. The molecule has 128 valence electrons. The standard InChI is InChI=1S/C14H12Cl2N2O5S/c15-12-5-2-6-13(14(12)16)23-8-7-17-24(21,22)11-4-1-3-10(9-11)18(19)20/h1-6,9,17H,7-8H2. The average Bonchev–Trinajstić information content (AvgIpc) is 2.55. The Labute approximate surface area is 148 Å². The van der Waals surface area contributed by atoms with Gasteiger partial charge in [0.1, 0.15) is 17.4 Å². The molecule has 2 rings (SSSR count). The van der Waals surface area contributed by atoms with Crippen LogP contribution in [0.3, 0.4) is 0 Å². The lowest BCUT2D eigenvalue weighted by Gasteiger charge is -2.10. The summed E-state index contributed by atoms with van der Waals surface area (Å²) < 4.78 is 31.9. The summed E-state index contributed by atoms with van der Waals surface area (Å²) in [6.07, 6.45) is 0. The largest absolute Gasteiger partial charge is 0.491 e. The van der Waals surface area contributed by atoms with E-state index in [0.717, 1.165) is 6.07 Å². The Kier molecular flexibility index (Phi) is 6.00. The summed E-state index contributed by atoms with van der Waals surface area (Å²) in [5, 5.41) is 11.3. The molecule has 0 amide bonds. The molecule has 0 aromatic heterocycles. The fourth-order valence-electron chi connectivity index (χ4n) is 1.78. The third-order valence-corrected chi connectivity index (χ3v) is 5.17. The summed E-state index contributed by atoms with van der Waals surface area (Å²) in [6.45, 7) is -0.0396. The van der Waals surface area contributed by atoms with Crippen molar-refractivity contribution in [1.82, 2.24) is 4.72 Å². The SMILES string of the molecule is O=[N+]([O-])c1cccc(S(=O)(=O)NCCOc2cccc(Cl)c2Cl)c1. The van der Waals surface area contributed by atoms with Crippen molar-refractivity contribution < 1.29 is 18.1 Å². The number of nitro groups is 1. The average molecular weight is 391 g/mol. The molecule has 0 aliphatic rings. The van der Waals surface area contributed by atoms with E-state index in [2.05, 4.69) is 4.72 Å². The number of halogens is 2. The van der Waals surface area contributed by atoms with Gasteiger partial charge in [-0.15, -0.1) is 0 Å². The van der Waals surface area contributed by atoms with Gasteiger partial charge in [-0.3, -0.25) is 10.1 Å². The molecule has 0 aliphatic heterocycles. The molecule has 0 saturated heterocycles. The Hall–Kier alpha value is -1.87. The molecule has 24 heavy (non-hydrogen) atoms. The topological polar surface area (TPSA) is 98.5 Å². The van der Waals surface area contributed by atoms with Crippen LogP contribution in [0.1, 0.15) is 0 Å². The molecule has 0 fully saturated rings. The van der Waals surface area contributed by atoms with Gasteiger partial charge >= 0.3 is 0 Å². The minimum absolute atomic E-state index is 0.00815. The lowest BCUT2D eigenvalue weighted by molar-refractivity contribution is -0.385. The quantitative estimate of drug-likeness (QED) is 0.444. The summed E-state index contributed by atoms with van der Waals surface area (Å²) >= 11 is 11.8. The van der Waals surface area contributed by atoms with Crippen molar-refractivity contribution in [3.05, 3.63) is 62.6 Å². The molecule has 7 nitrogen and oxygen atoms in total. The number of rotatable bonds is 7. The first-order chi connectivity index (χ1) is 11.3. The van der Waals surface area contributed by atoms with Crippen LogP contribution in [0.5, 0.6) is 5.75 Å². The predicted molar refractivity (Wildman–Crippen MR) is 90.2 cm³/mol. The van der Waals surface area contributed by atoms with Gasteiger partial charge in [0, 0.05) is 18.7 Å². The second-order valence-electron chi connectivity index (χ2n) is 4.55. The maximum Gasteiger partial charge on any atom is 0.270 e. The lowest BCUT2D eigenvalue weighted by atomic mass is 10.3. The van der Waals surface area contributed by atoms with Crippen molar-refractivity contribution in [2.45, 2.75) is 4.90 Å². The van der Waals surface area contributed by atoms with E-state index in [1.165, 1.54) is 18.2 Å². The lowest BCUT2D eigenvalue weighted by Crippen LogP contribution is -2.28. The summed E-state index contributed by atoms with van der Waals surface area (Å²) in [4.78, 5) is 9.84. The van der Waals surface area contributed by atoms with Gasteiger partial charge in [-0.25, -0.2) is 13.1 Å². The third-order valence-electron chi connectivity index (χ3n) is 2.91. The molecular formula is C14H12Cl2N2O5S. The summed E-state index contributed by atoms with van der Waals surface area (Å²) in [5.41, 5.74) is -0.306. The molecular weight excluding hydrogens is 379 g/mol. The normalized spacial score (nSPS) is 11.2. The Balaban J connectivity index is 1.97. The minimum Gasteiger partial charge on any atom is -0.491 e. The monoisotopic (exact) mass is 390 g/mol. The van der Waals surface area contributed by atoms with Crippen molar-refractivity contribution >= 4 is 38.9 Å². The van der Waals surface area contributed by atoms with Crippen LogP contribution in [-0.4, -0.2) is 26.5 Å². The van der Waals surface area contributed by atoms with E-state index in [4.69, 9.17) is 27.9 Å². The zero-order valence-corrected chi connectivity index (χ0v) is 14.4. The molecule has 0 atom stereocenters. The highest BCUT2D eigenvalue weighted by molar-refractivity contribution is 7.89. The summed E-state index contributed by atoms with van der Waals surface area (Å²) in [7, 11) is -3.88. The van der Waals surface area contributed by atoms with E-state index in [0.29, 0.717) is 10.8 Å². The molecule has 0 radical (unpaired) electrons. The first kappa shape index (κ1) is 18.5. The maximum atomic E-state index is 12.1. The maximum absolute atomic E-state index is 12.1. The van der Waals surface area contributed by atoms with E-state index < -0.39 is 14.9 Å². The molecule has 10 heteroatoms. The highest BCUT2D eigenvalue weighted by Gasteiger charge is 2.17. The van der Waals surface area contributed by atoms with Crippen molar-refractivity contribution in [2.24, 2.45) is 0 Å². The highest BCUT2D eigenvalue weighted by atomic mass is 35.5. The number of nitrogens with one attached hydrogen (secondary N) is 1. The Bertz CT molecular complexity index is 858. The number of nitro benzene ring substituents is 1. The van der Waals surface area contributed by atoms with Gasteiger partial charge in [0.25, 0.3) is 5.69 Å². The Morgan fingerprint density at radius 3 is 2.58 bits per heavy atom.